The average molecular weight is 260 g/mol. The summed E-state index contributed by atoms with van der Waals surface area (Å²) in [6.45, 7) is 1.06. The summed E-state index contributed by atoms with van der Waals surface area (Å²) in [4.78, 5) is 12.1. The van der Waals surface area contributed by atoms with Crippen LogP contribution < -0.4 is 10.6 Å². The molecule has 1 aliphatic carbocycles. The van der Waals surface area contributed by atoms with E-state index < -0.39 is 5.60 Å². The number of rotatable bonds is 3. The fourth-order valence-corrected chi connectivity index (χ4v) is 2.78. The molecule has 1 aromatic rings. The lowest BCUT2D eigenvalue weighted by Gasteiger charge is -2.37. The van der Waals surface area contributed by atoms with Gasteiger partial charge in [-0.1, -0.05) is 18.2 Å². The zero-order chi connectivity index (χ0) is 13.3. The monoisotopic (exact) mass is 260 g/mol. The van der Waals surface area contributed by atoms with E-state index in [9.17, 15) is 9.90 Å². The SMILES string of the molecule is O=C(NCC1(O)CCC1)C1CNc2ccccc2C1. The topological polar surface area (TPSA) is 61.4 Å². The number of benzene rings is 1. The Bertz CT molecular complexity index is 483. The van der Waals surface area contributed by atoms with E-state index in [-0.39, 0.29) is 11.8 Å². The number of fused-ring (bicyclic) bond motifs is 1. The summed E-state index contributed by atoms with van der Waals surface area (Å²) >= 11 is 0. The number of hydrogen-bond acceptors (Lipinski definition) is 3. The maximum absolute atomic E-state index is 12.1. The predicted octanol–water partition coefficient (Wildman–Crippen LogP) is 1.30. The second kappa shape index (κ2) is 4.85. The largest absolute Gasteiger partial charge is 0.388 e. The van der Waals surface area contributed by atoms with Crippen molar-refractivity contribution in [1.29, 1.82) is 0 Å². The summed E-state index contributed by atoms with van der Waals surface area (Å²) in [7, 11) is 0. The molecule has 19 heavy (non-hydrogen) atoms. The van der Waals surface area contributed by atoms with Crippen molar-refractivity contribution < 1.29 is 9.90 Å². The van der Waals surface area contributed by atoms with Gasteiger partial charge in [0, 0.05) is 18.8 Å². The van der Waals surface area contributed by atoms with E-state index in [1.165, 1.54) is 5.56 Å². The first-order chi connectivity index (χ1) is 9.16. The smallest absolute Gasteiger partial charge is 0.225 e. The Morgan fingerprint density at radius 3 is 2.95 bits per heavy atom. The van der Waals surface area contributed by atoms with Crippen molar-refractivity contribution >= 4 is 11.6 Å². The fraction of sp³-hybridized carbons (Fsp3) is 0.533. The Balaban J connectivity index is 1.57. The van der Waals surface area contributed by atoms with Gasteiger partial charge < -0.3 is 15.7 Å². The zero-order valence-corrected chi connectivity index (χ0v) is 11.0. The maximum Gasteiger partial charge on any atom is 0.225 e. The van der Waals surface area contributed by atoms with Crippen LogP contribution in [0.3, 0.4) is 0 Å². The predicted molar refractivity (Wildman–Crippen MR) is 73.9 cm³/mol. The Morgan fingerprint density at radius 2 is 2.21 bits per heavy atom. The maximum atomic E-state index is 12.1. The zero-order valence-electron chi connectivity index (χ0n) is 11.0. The molecule has 4 heteroatoms. The Kier molecular flexibility index (Phi) is 3.19. The quantitative estimate of drug-likeness (QED) is 0.767. The first-order valence-corrected chi connectivity index (χ1v) is 6.98. The van der Waals surface area contributed by atoms with Gasteiger partial charge in [0.15, 0.2) is 0 Å². The molecule has 1 unspecified atom stereocenters. The van der Waals surface area contributed by atoms with Crippen molar-refractivity contribution in [1.82, 2.24) is 5.32 Å². The minimum Gasteiger partial charge on any atom is -0.388 e. The first-order valence-electron chi connectivity index (χ1n) is 6.98. The van der Waals surface area contributed by atoms with Crippen LogP contribution in [0.25, 0.3) is 0 Å². The molecule has 1 heterocycles. The molecular weight excluding hydrogens is 240 g/mol. The van der Waals surface area contributed by atoms with Gasteiger partial charge in [0.25, 0.3) is 0 Å². The number of anilines is 1. The van der Waals surface area contributed by atoms with Crippen LogP contribution in [-0.4, -0.2) is 29.7 Å². The first kappa shape index (κ1) is 12.5. The molecule has 102 valence electrons. The van der Waals surface area contributed by atoms with Crippen LogP contribution in [0.2, 0.25) is 0 Å². The molecule has 1 amide bonds. The third kappa shape index (κ3) is 2.59. The Morgan fingerprint density at radius 1 is 1.42 bits per heavy atom. The van der Waals surface area contributed by atoms with Crippen LogP contribution in [0, 0.1) is 5.92 Å². The van der Waals surface area contributed by atoms with Crippen LogP contribution in [0.1, 0.15) is 24.8 Å². The molecule has 1 fully saturated rings. The third-order valence-electron chi connectivity index (χ3n) is 4.27. The second-order valence-corrected chi connectivity index (χ2v) is 5.73. The molecule has 0 spiro atoms. The number of hydrogen-bond donors (Lipinski definition) is 3. The van der Waals surface area contributed by atoms with E-state index >= 15 is 0 Å². The summed E-state index contributed by atoms with van der Waals surface area (Å²) in [6, 6.07) is 8.10. The summed E-state index contributed by atoms with van der Waals surface area (Å²) < 4.78 is 0. The standard InChI is InChI=1S/C15H20N2O2/c18-14(17-10-15(19)6-3-7-15)12-8-11-4-1-2-5-13(11)16-9-12/h1-2,4-5,12,16,19H,3,6-10H2,(H,17,18). The molecule has 3 N–H and O–H groups in total. The van der Waals surface area contributed by atoms with Gasteiger partial charge >= 0.3 is 0 Å². The Labute approximate surface area is 113 Å². The number of carbonyl (C=O) groups excluding carboxylic acids is 1. The summed E-state index contributed by atoms with van der Waals surface area (Å²) in [6.07, 6.45) is 3.44. The van der Waals surface area contributed by atoms with E-state index in [0.29, 0.717) is 13.1 Å². The Hall–Kier alpha value is -1.55. The molecular formula is C15H20N2O2. The minimum absolute atomic E-state index is 0.0430. The van der Waals surface area contributed by atoms with Gasteiger partial charge in [-0.05, 0) is 37.3 Å². The lowest BCUT2D eigenvalue weighted by Crippen LogP contribution is -2.50. The van der Waals surface area contributed by atoms with Crippen LogP contribution in [0.5, 0.6) is 0 Å². The summed E-state index contributed by atoms with van der Waals surface area (Å²) in [5, 5.41) is 16.2. The van der Waals surface area contributed by atoms with Gasteiger partial charge in [0.2, 0.25) is 5.91 Å². The molecule has 0 radical (unpaired) electrons. The average Bonchev–Trinajstić information content (AvgIpc) is 2.42. The van der Waals surface area contributed by atoms with Crippen molar-refractivity contribution in [3.63, 3.8) is 0 Å². The second-order valence-electron chi connectivity index (χ2n) is 5.73. The lowest BCUT2D eigenvalue weighted by molar-refractivity contribution is -0.127. The van der Waals surface area contributed by atoms with Crippen molar-refractivity contribution in [2.24, 2.45) is 5.92 Å². The van der Waals surface area contributed by atoms with Crippen LogP contribution in [0.4, 0.5) is 5.69 Å². The molecule has 0 saturated heterocycles. The highest BCUT2D eigenvalue weighted by atomic mass is 16.3. The van der Waals surface area contributed by atoms with Gasteiger partial charge in [-0.3, -0.25) is 4.79 Å². The van der Waals surface area contributed by atoms with E-state index in [2.05, 4.69) is 16.7 Å². The van der Waals surface area contributed by atoms with Crippen LogP contribution >= 0.6 is 0 Å². The molecule has 1 aromatic carbocycles. The van der Waals surface area contributed by atoms with Gasteiger partial charge in [-0.25, -0.2) is 0 Å². The molecule has 1 aliphatic heterocycles. The van der Waals surface area contributed by atoms with Crippen molar-refractivity contribution in [2.45, 2.75) is 31.3 Å². The van der Waals surface area contributed by atoms with Crippen molar-refractivity contribution in [3.8, 4) is 0 Å². The molecule has 0 aromatic heterocycles. The molecule has 4 nitrogen and oxygen atoms in total. The fourth-order valence-electron chi connectivity index (χ4n) is 2.78. The molecule has 0 bridgehead atoms. The van der Waals surface area contributed by atoms with E-state index in [4.69, 9.17) is 0 Å². The van der Waals surface area contributed by atoms with E-state index in [0.717, 1.165) is 31.4 Å². The normalized spacial score (nSPS) is 23.7. The highest BCUT2D eigenvalue weighted by Gasteiger charge is 2.35. The minimum atomic E-state index is -0.643. The van der Waals surface area contributed by atoms with Gasteiger partial charge in [-0.15, -0.1) is 0 Å². The number of aliphatic hydroxyl groups is 1. The van der Waals surface area contributed by atoms with Crippen LogP contribution in [-0.2, 0) is 11.2 Å². The van der Waals surface area contributed by atoms with Gasteiger partial charge in [0.1, 0.15) is 0 Å². The molecule has 3 rings (SSSR count). The lowest BCUT2D eigenvalue weighted by atomic mass is 9.80. The van der Waals surface area contributed by atoms with E-state index in [1.54, 1.807) is 0 Å². The highest BCUT2D eigenvalue weighted by molar-refractivity contribution is 5.80. The third-order valence-corrected chi connectivity index (χ3v) is 4.27. The van der Waals surface area contributed by atoms with Crippen molar-refractivity contribution in [2.75, 3.05) is 18.4 Å². The summed E-state index contributed by atoms with van der Waals surface area (Å²) in [5.74, 6) is 0.000838. The number of carbonyl (C=O) groups is 1. The number of nitrogens with one attached hydrogen (secondary N) is 2. The van der Waals surface area contributed by atoms with Gasteiger partial charge in [0.05, 0.1) is 11.5 Å². The molecule has 2 aliphatic rings. The molecule has 1 saturated carbocycles. The van der Waals surface area contributed by atoms with Crippen molar-refractivity contribution in [3.05, 3.63) is 29.8 Å². The van der Waals surface area contributed by atoms with Crippen LogP contribution in [0.15, 0.2) is 24.3 Å². The number of amides is 1. The van der Waals surface area contributed by atoms with E-state index in [1.807, 2.05) is 18.2 Å². The van der Waals surface area contributed by atoms with Gasteiger partial charge in [-0.2, -0.15) is 0 Å². The number of para-hydroxylation sites is 1. The highest BCUT2D eigenvalue weighted by Crippen LogP contribution is 2.31. The molecule has 1 atom stereocenters. The summed E-state index contributed by atoms with van der Waals surface area (Å²) in [5.41, 5.74) is 1.68.